The zero-order valence-electron chi connectivity index (χ0n) is 23.3. The molecule has 2 heterocycles. The van der Waals surface area contributed by atoms with Crippen molar-refractivity contribution in [3.8, 4) is 0 Å². The summed E-state index contributed by atoms with van der Waals surface area (Å²) in [6.07, 6.45) is -3.63. The summed E-state index contributed by atoms with van der Waals surface area (Å²) in [5, 5.41) is 5.46. The number of ketones is 2. The number of carbonyl (C=O) groups excluding carboxylic acids is 5. The number of H-pyrrole nitrogens is 1. The van der Waals surface area contributed by atoms with Crippen LogP contribution in [0, 0.1) is 0 Å². The second kappa shape index (κ2) is 12.0. The minimum atomic E-state index is -5.01. The van der Waals surface area contributed by atoms with E-state index >= 15 is 0 Å². The van der Waals surface area contributed by atoms with Crippen molar-refractivity contribution in [1.82, 2.24) is 14.8 Å². The molecule has 1 atom stereocenters. The average Bonchev–Trinajstić information content (AvgIpc) is 3.45. The second-order valence-corrected chi connectivity index (χ2v) is 10.2. The number of Topliss-reactive ketones (excluding diaryl/α,β-unsaturated/α-hetero) is 2. The molecule has 0 spiro atoms. The van der Waals surface area contributed by atoms with Crippen LogP contribution in [0.15, 0.2) is 79.0 Å². The summed E-state index contributed by atoms with van der Waals surface area (Å²) in [5.41, 5.74) is 0.870. The average molecular weight is 606 g/mol. The molecule has 13 heteroatoms. The number of fused-ring (bicyclic) bond motifs is 1. The molecule has 0 bridgehead atoms. The number of anilines is 2. The van der Waals surface area contributed by atoms with Crippen LogP contribution in [0.25, 0.3) is 10.9 Å². The molecular weight excluding hydrogens is 579 g/mol. The maximum atomic E-state index is 13.3. The molecule has 4 aromatic rings. The molecule has 3 aromatic carbocycles. The van der Waals surface area contributed by atoms with Crippen LogP contribution in [0.3, 0.4) is 0 Å². The summed E-state index contributed by atoms with van der Waals surface area (Å²) in [7, 11) is 0. The van der Waals surface area contributed by atoms with Gasteiger partial charge in [0.1, 0.15) is 0 Å². The number of nitrogens with one attached hydrogen (secondary N) is 3. The van der Waals surface area contributed by atoms with E-state index in [4.69, 9.17) is 0 Å². The molecule has 1 saturated heterocycles. The number of nitrogens with zero attached hydrogens (tertiary/aromatic N) is 2. The van der Waals surface area contributed by atoms with E-state index in [0.717, 1.165) is 24.3 Å². The lowest BCUT2D eigenvalue weighted by atomic mass is 10.1. The standard InChI is InChI=1S/C31H26F3N5O5/c1-18-17-38(28(42)20-6-3-2-4-7-20)14-15-39(18)29(43)26(40)23-16-35-25-22(23)8-5-9-24(25)37-30(44)36-21-12-10-19(11-13-21)27(41)31(32,33)34/h2-13,16,18,35H,14-15,17H2,1H3,(H2,36,37,44)/t18-/m1/s1. The molecule has 4 amide bonds. The van der Waals surface area contributed by atoms with Gasteiger partial charge in [0.25, 0.3) is 23.4 Å². The van der Waals surface area contributed by atoms with E-state index in [0.29, 0.717) is 16.5 Å². The van der Waals surface area contributed by atoms with Crippen LogP contribution in [0.4, 0.5) is 29.3 Å². The lowest BCUT2D eigenvalue weighted by Gasteiger charge is -2.39. The molecule has 0 aliphatic carbocycles. The molecule has 1 aromatic heterocycles. The minimum Gasteiger partial charge on any atom is -0.359 e. The van der Waals surface area contributed by atoms with Gasteiger partial charge in [0.2, 0.25) is 0 Å². The van der Waals surface area contributed by atoms with Gasteiger partial charge in [-0.3, -0.25) is 19.2 Å². The maximum absolute atomic E-state index is 13.3. The third-order valence-electron chi connectivity index (χ3n) is 7.26. The quantitative estimate of drug-likeness (QED) is 0.208. The number of piperazine rings is 1. The molecule has 5 rings (SSSR count). The van der Waals surface area contributed by atoms with E-state index in [1.54, 1.807) is 54.3 Å². The lowest BCUT2D eigenvalue weighted by Crippen LogP contribution is -2.56. The Bertz CT molecular complexity index is 1750. The Labute approximate surface area is 248 Å². The third-order valence-corrected chi connectivity index (χ3v) is 7.26. The van der Waals surface area contributed by atoms with Gasteiger partial charge in [-0.05, 0) is 49.4 Å². The molecule has 1 fully saturated rings. The van der Waals surface area contributed by atoms with Gasteiger partial charge in [-0.25, -0.2) is 4.79 Å². The number of amides is 4. The van der Waals surface area contributed by atoms with Gasteiger partial charge < -0.3 is 25.4 Å². The van der Waals surface area contributed by atoms with Crippen LogP contribution in [-0.2, 0) is 4.79 Å². The van der Waals surface area contributed by atoms with Gasteiger partial charge in [0.05, 0.1) is 16.8 Å². The summed E-state index contributed by atoms with van der Waals surface area (Å²) in [5.74, 6) is -3.61. The van der Waals surface area contributed by atoms with Crippen LogP contribution in [0.5, 0.6) is 0 Å². The van der Waals surface area contributed by atoms with Crippen LogP contribution >= 0.6 is 0 Å². The number of urea groups is 1. The summed E-state index contributed by atoms with van der Waals surface area (Å²) < 4.78 is 37.9. The van der Waals surface area contributed by atoms with E-state index < -0.39 is 41.3 Å². The molecule has 0 unspecified atom stereocenters. The summed E-state index contributed by atoms with van der Waals surface area (Å²) >= 11 is 0. The lowest BCUT2D eigenvalue weighted by molar-refractivity contribution is -0.130. The Balaban J connectivity index is 1.24. The van der Waals surface area contributed by atoms with E-state index in [1.165, 1.54) is 11.1 Å². The van der Waals surface area contributed by atoms with E-state index in [9.17, 15) is 37.1 Å². The number of rotatable bonds is 6. The first-order valence-electron chi connectivity index (χ1n) is 13.5. The highest BCUT2D eigenvalue weighted by atomic mass is 19.4. The molecule has 44 heavy (non-hydrogen) atoms. The van der Waals surface area contributed by atoms with Crippen LogP contribution < -0.4 is 10.6 Å². The number of hydrogen-bond acceptors (Lipinski definition) is 5. The summed E-state index contributed by atoms with van der Waals surface area (Å²) in [6, 6.07) is 16.7. The van der Waals surface area contributed by atoms with Gasteiger partial charge >= 0.3 is 12.2 Å². The maximum Gasteiger partial charge on any atom is 0.454 e. The number of aromatic amines is 1. The zero-order valence-corrected chi connectivity index (χ0v) is 23.3. The van der Waals surface area contributed by atoms with Crippen molar-refractivity contribution in [3.63, 3.8) is 0 Å². The highest BCUT2D eigenvalue weighted by Gasteiger charge is 2.39. The van der Waals surface area contributed by atoms with Crippen molar-refractivity contribution in [2.24, 2.45) is 0 Å². The van der Waals surface area contributed by atoms with Crippen molar-refractivity contribution in [2.75, 3.05) is 30.3 Å². The predicted molar refractivity (Wildman–Crippen MR) is 156 cm³/mol. The highest BCUT2D eigenvalue weighted by Crippen LogP contribution is 2.27. The van der Waals surface area contributed by atoms with Crippen LogP contribution in [0.1, 0.15) is 38.0 Å². The number of hydrogen-bond donors (Lipinski definition) is 3. The Kier molecular flexibility index (Phi) is 8.21. The van der Waals surface area contributed by atoms with Crippen molar-refractivity contribution in [1.29, 1.82) is 0 Å². The molecule has 3 N–H and O–H groups in total. The number of halogens is 3. The number of alkyl halides is 3. The van der Waals surface area contributed by atoms with Crippen molar-refractivity contribution in [2.45, 2.75) is 19.1 Å². The Morgan fingerprint density at radius 2 is 1.55 bits per heavy atom. The fourth-order valence-electron chi connectivity index (χ4n) is 5.05. The predicted octanol–water partition coefficient (Wildman–Crippen LogP) is 5.11. The Hall–Kier alpha value is -5.46. The highest BCUT2D eigenvalue weighted by molar-refractivity contribution is 6.45. The second-order valence-electron chi connectivity index (χ2n) is 10.2. The van der Waals surface area contributed by atoms with Crippen molar-refractivity contribution < 1.29 is 37.1 Å². The molecule has 1 aliphatic rings. The van der Waals surface area contributed by atoms with Crippen LogP contribution in [-0.4, -0.2) is 76.0 Å². The molecule has 0 radical (unpaired) electrons. The Morgan fingerprint density at radius 1 is 0.841 bits per heavy atom. The van der Waals surface area contributed by atoms with Gasteiger partial charge in [0.15, 0.2) is 0 Å². The largest absolute Gasteiger partial charge is 0.454 e. The first kappa shape index (κ1) is 30.0. The monoisotopic (exact) mass is 605 g/mol. The molecule has 1 aliphatic heterocycles. The zero-order chi connectivity index (χ0) is 31.6. The van der Waals surface area contributed by atoms with Gasteiger partial charge in [0, 0.05) is 54.1 Å². The molecular formula is C31H26F3N5O5. The first-order valence-corrected chi connectivity index (χ1v) is 13.5. The molecule has 226 valence electrons. The van der Waals surface area contributed by atoms with Gasteiger partial charge in [-0.2, -0.15) is 13.2 Å². The molecule has 0 saturated carbocycles. The molecule has 10 nitrogen and oxygen atoms in total. The summed E-state index contributed by atoms with van der Waals surface area (Å²) in [6.45, 7) is 2.50. The Morgan fingerprint density at radius 3 is 2.20 bits per heavy atom. The third kappa shape index (κ3) is 6.16. The van der Waals surface area contributed by atoms with Crippen LogP contribution in [0.2, 0.25) is 0 Å². The number of benzene rings is 3. The number of carbonyl (C=O) groups is 5. The van der Waals surface area contributed by atoms with E-state index in [-0.39, 0.29) is 42.5 Å². The fourth-order valence-corrected chi connectivity index (χ4v) is 5.05. The smallest absolute Gasteiger partial charge is 0.359 e. The number of aromatic nitrogens is 1. The summed E-state index contributed by atoms with van der Waals surface area (Å²) in [4.78, 5) is 69.4. The van der Waals surface area contributed by atoms with Gasteiger partial charge in [-0.15, -0.1) is 0 Å². The van der Waals surface area contributed by atoms with E-state index in [2.05, 4.69) is 15.6 Å². The normalized spacial score (nSPS) is 15.1. The fraction of sp³-hybridized carbons (Fsp3) is 0.194. The van der Waals surface area contributed by atoms with Crippen molar-refractivity contribution >= 4 is 51.7 Å². The number of para-hydroxylation sites is 1. The van der Waals surface area contributed by atoms with Gasteiger partial charge in [-0.1, -0.05) is 30.3 Å². The minimum absolute atomic E-state index is 0.106. The van der Waals surface area contributed by atoms with Crippen molar-refractivity contribution in [3.05, 3.63) is 95.7 Å². The SMILES string of the molecule is C[C@@H]1CN(C(=O)c2ccccc2)CCN1C(=O)C(=O)c1c[nH]c2c(NC(=O)Nc3ccc(C(=O)C(F)(F)F)cc3)cccc12. The van der Waals surface area contributed by atoms with E-state index in [1.807, 2.05) is 6.07 Å². The first-order chi connectivity index (χ1) is 20.9. The topological polar surface area (TPSA) is 132 Å².